The number of fused-ring (bicyclic) bond motifs is 10. The lowest BCUT2D eigenvalue weighted by molar-refractivity contribution is 0.660. The van der Waals surface area contributed by atoms with Crippen molar-refractivity contribution in [2.45, 2.75) is 19.3 Å². The fraction of sp³-hybridized carbons (Fsp3) is 0.0492. The molecule has 0 unspecified atom stereocenters. The second kappa shape index (κ2) is 13.9. The first-order chi connectivity index (χ1) is 31.5. The summed E-state index contributed by atoms with van der Waals surface area (Å²) in [6, 6.07) is 82.9. The minimum absolute atomic E-state index is 0.158. The summed E-state index contributed by atoms with van der Waals surface area (Å²) in [6.07, 6.45) is 0. The van der Waals surface area contributed by atoms with E-state index in [9.17, 15) is 0 Å². The molecule has 0 aliphatic heterocycles. The first kappa shape index (κ1) is 36.5. The number of hydrogen-bond donors (Lipinski definition) is 0. The van der Waals surface area contributed by atoms with Gasteiger partial charge in [-0.25, -0.2) is 0 Å². The van der Waals surface area contributed by atoms with Gasteiger partial charge in [0.2, 0.25) is 0 Å². The van der Waals surface area contributed by atoms with Gasteiger partial charge in [-0.05, 0) is 112 Å². The molecule has 0 saturated carbocycles. The molecule has 0 spiro atoms. The fourth-order valence-corrected chi connectivity index (χ4v) is 10.9. The van der Waals surface area contributed by atoms with Crippen molar-refractivity contribution in [3.05, 3.63) is 236 Å². The first-order valence-corrected chi connectivity index (χ1v) is 22.3. The Hall–Kier alpha value is -8.14. The minimum Gasteiger partial charge on any atom is -0.310 e. The van der Waals surface area contributed by atoms with E-state index in [1.165, 1.54) is 76.6 Å². The molecule has 0 saturated heterocycles. The molecule has 1 aliphatic carbocycles. The highest BCUT2D eigenvalue weighted by Gasteiger charge is 2.36. The standard InChI is InChI=1S/C61H43N3/c1-61(2)54-26-12-8-22-48(54)49-34-32-44(39-55(49)61)62(56-30-16-18-40-17-6-7-21-47(40)56)45-35-42(36-46(38-45)64-58-28-14-9-23-50(58)51-24-10-15-29-59(51)64)41-31-33-53-52-25-11-13-27-57(52)63(60(53)37-41)43-19-4-3-5-20-43/h3-39H,1-2H3. The summed E-state index contributed by atoms with van der Waals surface area (Å²) >= 11 is 0. The van der Waals surface area contributed by atoms with Gasteiger partial charge in [0.1, 0.15) is 0 Å². The van der Waals surface area contributed by atoms with Gasteiger partial charge in [-0.3, -0.25) is 0 Å². The van der Waals surface area contributed by atoms with Crippen LogP contribution in [0.15, 0.2) is 224 Å². The number of hydrogen-bond acceptors (Lipinski definition) is 1. The smallest absolute Gasteiger partial charge is 0.0547 e. The summed E-state index contributed by atoms with van der Waals surface area (Å²) in [5, 5.41) is 7.37. The lowest BCUT2D eigenvalue weighted by Crippen LogP contribution is -2.17. The monoisotopic (exact) mass is 817 g/mol. The predicted octanol–water partition coefficient (Wildman–Crippen LogP) is 16.5. The highest BCUT2D eigenvalue weighted by molar-refractivity contribution is 6.11. The molecule has 0 bridgehead atoms. The molecule has 0 N–H and O–H groups in total. The van der Waals surface area contributed by atoms with E-state index in [4.69, 9.17) is 0 Å². The van der Waals surface area contributed by atoms with E-state index in [1.807, 2.05) is 0 Å². The van der Waals surface area contributed by atoms with Crippen LogP contribution in [0.25, 0.3) is 88.0 Å². The molecule has 0 fully saturated rings. The van der Waals surface area contributed by atoms with E-state index in [1.54, 1.807) is 0 Å². The zero-order valence-electron chi connectivity index (χ0n) is 35.7. The van der Waals surface area contributed by atoms with Crippen LogP contribution in [0.4, 0.5) is 17.1 Å². The van der Waals surface area contributed by atoms with E-state index in [0.717, 1.165) is 39.6 Å². The number of para-hydroxylation sites is 4. The Labute approximate surface area is 372 Å². The zero-order chi connectivity index (χ0) is 42.5. The van der Waals surface area contributed by atoms with Crippen LogP contribution in [0.2, 0.25) is 0 Å². The molecule has 302 valence electrons. The van der Waals surface area contributed by atoms with Crippen LogP contribution in [0, 0.1) is 0 Å². The molecule has 3 nitrogen and oxygen atoms in total. The Balaban J connectivity index is 1.12. The third kappa shape index (κ3) is 5.41. The van der Waals surface area contributed by atoms with Crippen molar-refractivity contribution in [2.75, 3.05) is 4.90 Å². The van der Waals surface area contributed by atoms with Gasteiger partial charge in [-0.15, -0.1) is 0 Å². The van der Waals surface area contributed by atoms with Crippen molar-refractivity contribution >= 4 is 71.4 Å². The van der Waals surface area contributed by atoms with E-state index >= 15 is 0 Å². The molecule has 2 heterocycles. The predicted molar refractivity (Wildman–Crippen MR) is 270 cm³/mol. The molecule has 64 heavy (non-hydrogen) atoms. The molecular formula is C61H43N3. The molecular weight excluding hydrogens is 775 g/mol. The fourth-order valence-electron chi connectivity index (χ4n) is 10.9. The van der Waals surface area contributed by atoms with Gasteiger partial charge < -0.3 is 14.0 Å². The maximum absolute atomic E-state index is 2.50. The Morgan fingerprint density at radius 3 is 1.66 bits per heavy atom. The van der Waals surface area contributed by atoms with Gasteiger partial charge in [-0.2, -0.15) is 0 Å². The Bertz CT molecular complexity index is 3770. The number of rotatable bonds is 6. The summed E-state index contributed by atoms with van der Waals surface area (Å²) < 4.78 is 4.87. The van der Waals surface area contributed by atoms with Gasteiger partial charge in [0.25, 0.3) is 0 Å². The van der Waals surface area contributed by atoms with Gasteiger partial charge in [0.15, 0.2) is 0 Å². The second-order valence-corrected chi connectivity index (χ2v) is 17.8. The van der Waals surface area contributed by atoms with Crippen molar-refractivity contribution in [1.82, 2.24) is 9.13 Å². The van der Waals surface area contributed by atoms with Gasteiger partial charge in [0, 0.05) is 55.1 Å². The second-order valence-electron chi connectivity index (χ2n) is 17.8. The van der Waals surface area contributed by atoms with E-state index in [-0.39, 0.29) is 5.41 Å². The molecule has 1 aliphatic rings. The van der Waals surface area contributed by atoms with Crippen LogP contribution in [0.1, 0.15) is 25.0 Å². The molecule has 0 radical (unpaired) electrons. The highest BCUT2D eigenvalue weighted by atomic mass is 15.1. The Morgan fingerprint density at radius 2 is 0.922 bits per heavy atom. The maximum Gasteiger partial charge on any atom is 0.0547 e. The zero-order valence-corrected chi connectivity index (χ0v) is 35.7. The summed E-state index contributed by atoms with van der Waals surface area (Å²) in [4.78, 5) is 2.50. The summed E-state index contributed by atoms with van der Waals surface area (Å²) in [6.45, 7) is 4.74. The van der Waals surface area contributed by atoms with Crippen LogP contribution < -0.4 is 4.90 Å². The van der Waals surface area contributed by atoms with Crippen LogP contribution in [-0.2, 0) is 5.41 Å². The SMILES string of the molecule is CC1(C)c2ccccc2-c2ccc(N(c3cc(-c4ccc5c6ccccc6n(-c6ccccc6)c5c4)cc(-n4c5ccccc5c5ccccc54)c3)c3cccc4ccccc34)cc21. The largest absolute Gasteiger partial charge is 0.310 e. The summed E-state index contributed by atoms with van der Waals surface area (Å²) in [7, 11) is 0. The number of anilines is 3. The molecule has 13 rings (SSSR count). The van der Waals surface area contributed by atoms with Crippen molar-refractivity contribution in [3.8, 4) is 33.6 Å². The first-order valence-electron chi connectivity index (χ1n) is 22.3. The van der Waals surface area contributed by atoms with Crippen LogP contribution in [-0.4, -0.2) is 9.13 Å². The number of benzene rings is 10. The third-order valence-electron chi connectivity index (χ3n) is 13.9. The summed E-state index contributed by atoms with van der Waals surface area (Å²) in [5.74, 6) is 0. The van der Waals surface area contributed by atoms with E-state index in [0.29, 0.717) is 0 Å². The average molecular weight is 818 g/mol. The lowest BCUT2D eigenvalue weighted by Gasteiger charge is -2.30. The molecule has 0 amide bonds. The van der Waals surface area contributed by atoms with Crippen molar-refractivity contribution in [3.63, 3.8) is 0 Å². The minimum atomic E-state index is -0.158. The normalized spacial score (nSPS) is 13.0. The van der Waals surface area contributed by atoms with Crippen molar-refractivity contribution in [1.29, 1.82) is 0 Å². The van der Waals surface area contributed by atoms with E-state index < -0.39 is 0 Å². The average Bonchev–Trinajstić information content (AvgIpc) is 3.94. The number of aromatic nitrogens is 2. The van der Waals surface area contributed by atoms with E-state index in [2.05, 4.69) is 252 Å². The van der Waals surface area contributed by atoms with Crippen molar-refractivity contribution < 1.29 is 0 Å². The van der Waals surface area contributed by atoms with Gasteiger partial charge in [0.05, 0.1) is 27.8 Å². The van der Waals surface area contributed by atoms with Gasteiger partial charge >= 0.3 is 0 Å². The molecule has 12 aromatic rings. The summed E-state index contributed by atoms with van der Waals surface area (Å²) in [5.41, 5.74) is 17.8. The van der Waals surface area contributed by atoms with Crippen LogP contribution in [0.5, 0.6) is 0 Å². The van der Waals surface area contributed by atoms with Crippen LogP contribution in [0.3, 0.4) is 0 Å². The Kier molecular flexibility index (Phi) is 7.95. The Morgan fingerprint density at radius 1 is 0.344 bits per heavy atom. The number of nitrogens with zero attached hydrogens (tertiary/aromatic N) is 3. The molecule has 2 aromatic heterocycles. The quantitative estimate of drug-likeness (QED) is 0.163. The molecule has 10 aromatic carbocycles. The van der Waals surface area contributed by atoms with Crippen molar-refractivity contribution in [2.24, 2.45) is 0 Å². The maximum atomic E-state index is 2.50. The topological polar surface area (TPSA) is 13.1 Å². The van der Waals surface area contributed by atoms with Crippen LogP contribution >= 0.6 is 0 Å². The highest BCUT2D eigenvalue weighted by Crippen LogP contribution is 2.51. The third-order valence-corrected chi connectivity index (χ3v) is 13.9. The van der Waals surface area contributed by atoms with Gasteiger partial charge in [-0.1, -0.05) is 166 Å². The molecule has 3 heteroatoms. The lowest BCUT2D eigenvalue weighted by atomic mass is 9.82. The molecule has 0 atom stereocenters.